The summed E-state index contributed by atoms with van der Waals surface area (Å²) >= 11 is 0. The van der Waals surface area contributed by atoms with Crippen molar-refractivity contribution in [1.82, 2.24) is 0 Å². The molecular formula is C25H33N. The second-order valence-corrected chi connectivity index (χ2v) is 8.24. The van der Waals surface area contributed by atoms with E-state index in [1.165, 1.54) is 59.2 Å². The average Bonchev–Trinajstić information content (AvgIpc) is 2.56. The third-order valence-electron chi connectivity index (χ3n) is 6.10. The Morgan fingerprint density at radius 1 is 1.04 bits per heavy atom. The molecular weight excluding hydrogens is 314 g/mol. The molecule has 1 atom stereocenters. The fraction of sp³-hybridized carbons (Fsp3) is 0.440. The van der Waals surface area contributed by atoms with Gasteiger partial charge in [-0.25, -0.2) is 0 Å². The van der Waals surface area contributed by atoms with Crippen molar-refractivity contribution >= 4 is 11.8 Å². The van der Waals surface area contributed by atoms with Gasteiger partial charge in [-0.1, -0.05) is 56.3 Å². The van der Waals surface area contributed by atoms with Crippen LogP contribution in [0.5, 0.6) is 0 Å². The molecule has 0 amide bonds. The van der Waals surface area contributed by atoms with Gasteiger partial charge < -0.3 is 5.32 Å². The summed E-state index contributed by atoms with van der Waals surface area (Å²) in [5.41, 5.74) is 10.3. The molecule has 0 saturated heterocycles. The number of aryl methyl sites for hydroxylation is 3. The van der Waals surface area contributed by atoms with Crippen molar-refractivity contribution < 1.29 is 0 Å². The molecule has 0 fully saturated rings. The number of benzene rings is 2. The van der Waals surface area contributed by atoms with Crippen molar-refractivity contribution in [2.24, 2.45) is 0 Å². The summed E-state index contributed by atoms with van der Waals surface area (Å²) in [6.45, 7) is 8.07. The second kappa shape index (κ2) is 7.31. The van der Waals surface area contributed by atoms with Crippen LogP contribution in [0.3, 0.4) is 0 Å². The first-order chi connectivity index (χ1) is 12.0. The lowest BCUT2D eigenvalue weighted by atomic mass is 9.71. The van der Waals surface area contributed by atoms with Crippen LogP contribution in [0.1, 0.15) is 67.0 Å². The Morgan fingerprint density at radius 3 is 2.73 bits per heavy atom. The van der Waals surface area contributed by atoms with E-state index < -0.39 is 0 Å². The van der Waals surface area contributed by atoms with Crippen molar-refractivity contribution in [3.8, 4) is 0 Å². The van der Waals surface area contributed by atoms with E-state index in [0.29, 0.717) is 0 Å². The molecule has 26 heavy (non-hydrogen) atoms. The molecule has 1 N–H and O–H groups in total. The highest BCUT2D eigenvalue weighted by Crippen LogP contribution is 2.39. The topological polar surface area (TPSA) is 12.0 Å². The summed E-state index contributed by atoms with van der Waals surface area (Å²) in [6.07, 6.45) is 10.5. The van der Waals surface area contributed by atoms with Crippen LogP contribution in [0, 0.1) is 13.8 Å². The highest BCUT2D eigenvalue weighted by Gasteiger charge is 2.30. The lowest BCUT2D eigenvalue weighted by Gasteiger charge is -2.35. The quantitative estimate of drug-likeness (QED) is 0.566. The SMILES string of the molecule is C.Cc1cc(C)c2c(c1)C/C=C\c1ccc3cc1NCC[C@@]2(C)CCC3. The van der Waals surface area contributed by atoms with Gasteiger partial charge in [-0.2, -0.15) is 0 Å². The van der Waals surface area contributed by atoms with E-state index >= 15 is 0 Å². The summed E-state index contributed by atoms with van der Waals surface area (Å²) in [4.78, 5) is 0. The average molecular weight is 348 g/mol. The van der Waals surface area contributed by atoms with Crippen molar-refractivity contribution in [2.45, 2.75) is 65.7 Å². The lowest BCUT2D eigenvalue weighted by molar-refractivity contribution is 0.393. The second-order valence-electron chi connectivity index (χ2n) is 8.24. The van der Waals surface area contributed by atoms with Crippen LogP contribution < -0.4 is 5.32 Å². The van der Waals surface area contributed by atoms with Gasteiger partial charge >= 0.3 is 0 Å². The smallest absolute Gasteiger partial charge is 0.0416 e. The largest absolute Gasteiger partial charge is 0.385 e. The highest BCUT2D eigenvalue weighted by molar-refractivity contribution is 5.68. The van der Waals surface area contributed by atoms with Gasteiger partial charge in [-0.15, -0.1) is 0 Å². The molecule has 1 nitrogen and oxygen atoms in total. The van der Waals surface area contributed by atoms with E-state index in [-0.39, 0.29) is 12.8 Å². The zero-order chi connectivity index (χ0) is 17.4. The monoisotopic (exact) mass is 347 g/mol. The third-order valence-corrected chi connectivity index (χ3v) is 6.10. The molecule has 3 bridgehead atoms. The first-order valence-corrected chi connectivity index (χ1v) is 9.69. The van der Waals surface area contributed by atoms with Gasteiger partial charge in [-0.05, 0) is 85.3 Å². The first kappa shape index (κ1) is 18.8. The van der Waals surface area contributed by atoms with Crippen LogP contribution in [-0.2, 0) is 18.3 Å². The number of fused-ring (bicyclic) bond motifs is 6. The van der Waals surface area contributed by atoms with Gasteiger partial charge in [0.15, 0.2) is 0 Å². The molecule has 2 aromatic rings. The Bertz CT molecular complexity index is 830. The minimum absolute atomic E-state index is 0. The molecule has 0 spiro atoms. The molecule has 0 aromatic heterocycles. The number of hydrogen-bond acceptors (Lipinski definition) is 1. The van der Waals surface area contributed by atoms with Gasteiger partial charge in [-0.3, -0.25) is 0 Å². The minimum Gasteiger partial charge on any atom is -0.385 e. The normalized spacial score (nSPS) is 22.7. The Balaban J connectivity index is 0.00000196. The molecule has 0 unspecified atom stereocenters. The van der Waals surface area contributed by atoms with Crippen molar-refractivity contribution in [3.05, 3.63) is 69.8 Å². The standard InChI is InChI=1S/C24H29N.CH4/c1-17-14-18(2)23-21(15-17)8-4-7-20-10-9-19-6-5-11-24(23,3)12-13-25-22(20)16-19;/h4,7,9-10,14-16,25H,5-6,8,11-13H2,1-3H3;1H4/b7-4-;/t24-;/m1./s1. The summed E-state index contributed by atoms with van der Waals surface area (Å²) < 4.78 is 0. The number of rotatable bonds is 0. The lowest BCUT2D eigenvalue weighted by Crippen LogP contribution is -2.29. The Labute approximate surface area is 159 Å². The fourth-order valence-electron chi connectivity index (χ4n) is 4.98. The molecule has 2 aliphatic rings. The number of allylic oxidation sites excluding steroid dienone is 1. The zero-order valence-electron chi connectivity index (χ0n) is 15.8. The molecule has 2 aromatic carbocycles. The first-order valence-electron chi connectivity index (χ1n) is 9.69. The van der Waals surface area contributed by atoms with Gasteiger partial charge in [0.25, 0.3) is 0 Å². The van der Waals surface area contributed by atoms with Crippen molar-refractivity contribution in [1.29, 1.82) is 0 Å². The summed E-state index contributed by atoms with van der Waals surface area (Å²) in [5, 5.41) is 3.74. The Morgan fingerprint density at radius 2 is 1.88 bits per heavy atom. The van der Waals surface area contributed by atoms with E-state index in [4.69, 9.17) is 0 Å². The number of anilines is 1. The molecule has 0 radical (unpaired) electrons. The van der Waals surface area contributed by atoms with Crippen molar-refractivity contribution in [2.75, 3.05) is 11.9 Å². The molecule has 2 aliphatic heterocycles. The van der Waals surface area contributed by atoms with Crippen LogP contribution in [0.4, 0.5) is 5.69 Å². The maximum Gasteiger partial charge on any atom is 0.0416 e. The number of hydrogen-bond donors (Lipinski definition) is 1. The molecule has 138 valence electrons. The van der Waals surface area contributed by atoms with E-state index in [0.717, 1.165) is 13.0 Å². The predicted octanol–water partition coefficient (Wildman–Crippen LogP) is 6.61. The summed E-state index contributed by atoms with van der Waals surface area (Å²) in [5.74, 6) is 0. The Kier molecular flexibility index (Phi) is 5.27. The summed E-state index contributed by atoms with van der Waals surface area (Å²) in [7, 11) is 0. The van der Waals surface area contributed by atoms with Gasteiger partial charge in [0.2, 0.25) is 0 Å². The Hall–Kier alpha value is -2.02. The van der Waals surface area contributed by atoms with Gasteiger partial charge in [0, 0.05) is 12.2 Å². The zero-order valence-corrected chi connectivity index (χ0v) is 15.8. The van der Waals surface area contributed by atoms with Crippen LogP contribution >= 0.6 is 0 Å². The van der Waals surface area contributed by atoms with E-state index in [2.05, 4.69) is 68.6 Å². The van der Waals surface area contributed by atoms with Crippen molar-refractivity contribution in [3.63, 3.8) is 0 Å². The number of nitrogens with one attached hydrogen (secondary N) is 1. The third kappa shape index (κ3) is 3.45. The van der Waals surface area contributed by atoms with Crippen LogP contribution in [0.15, 0.2) is 36.4 Å². The van der Waals surface area contributed by atoms with Gasteiger partial charge in [0.1, 0.15) is 0 Å². The van der Waals surface area contributed by atoms with Crippen LogP contribution in [0.25, 0.3) is 6.08 Å². The highest BCUT2D eigenvalue weighted by atomic mass is 14.9. The maximum atomic E-state index is 3.74. The molecule has 4 rings (SSSR count). The van der Waals surface area contributed by atoms with E-state index in [9.17, 15) is 0 Å². The van der Waals surface area contributed by atoms with E-state index in [1.807, 2.05) is 0 Å². The minimum atomic E-state index is 0. The predicted molar refractivity (Wildman–Crippen MR) is 115 cm³/mol. The summed E-state index contributed by atoms with van der Waals surface area (Å²) in [6, 6.07) is 11.8. The van der Waals surface area contributed by atoms with E-state index in [1.54, 1.807) is 5.56 Å². The fourth-order valence-corrected chi connectivity index (χ4v) is 4.98. The molecule has 2 heterocycles. The van der Waals surface area contributed by atoms with Crippen LogP contribution in [0.2, 0.25) is 0 Å². The van der Waals surface area contributed by atoms with Crippen LogP contribution in [-0.4, -0.2) is 6.54 Å². The molecule has 0 saturated carbocycles. The molecule has 0 aliphatic carbocycles. The maximum absolute atomic E-state index is 3.74. The van der Waals surface area contributed by atoms with Gasteiger partial charge in [0.05, 0.1) is 0 Å². The molecule has 1 heteroatoms.